The number of nitrogens with zero attached hydrogens (tertiary/aromatic N) is 1. The first-order valence-corrected chi connectivity index (χ1v) is 11.7. The van der Waals surface area contributed by atoms with E-state index in [1.807, 2.05) is 36.4 Å². The quantitative estimate of drug-likeness (QED) is 0.276. The maximum atomic E-state index is 12.2. The van der Waals surface area contributed by atoms with E-state index in [0.717, 1.165) is 36.5 Å². The van der Waals surface area contributed by atoms with Gasteiger partial charge in [-0.1, -0.05) is 55.7 Å². The van der Waals surface area contributed by atoms with Crippen LogP contribution in [0.25, 0.3) is 10.8 Å². The Kier molecular flexibility index (Phi) is 8.06. The molecular weight excluding hydrogens is 444 g/mol. The third-order valence-electron chi connectivity index (χ3n) is 5.84. The predicted molar refractivity (Wildman–Crippen MR) is 135 cm³/mol. The van der Waals surface area contributed by atoms with Crippen LogP contribution in [0.2, 0.25) is 0 Å². The molecule has 8 heteroatoms. The fraction of sp³-hybridized carbons (Fsp3) is 0.259. The molecule has 0 bridgehead atoms. The number of amides is 3. The topological polar surface area (TPSA) is 109 Å². The first-order chi connectivity index (χ1) is 17.1. The minimum Gasteiger partial charge on any atom is -0.484 e. The van der Waals surface area contributed by atoms with Crippen LogP contribution in [0.4, 0.5) is 5.69 Å². The highest BCUT2D eigenvalue weighted by atomic mass is 16.5. The molecule has 8 nitrogen and oxygen atoms in total. The number of hydrogen-bond acceptors (Lipinski definition) is 5. The molecule has 0 heterocycles. The van der Waals surface area contributed by atoms with Gasteiger partial charge in [-0.2, -0.15) is 5.10 Å². The van der Waals surface area contributed by atoms with Crippen LogP contribution in [0.5, 0.6) is 5.75 Å². The zero-order valence-corrected chi connectivity index (χ0v) is 19.3. The van der Waals surface area contributed by atoms with Gasteiger partial charge in [0.05, 0.1) is 6.21 Å². The fourth-order valence-electron chi connectivity index (χ4n) is 4.04. The van der Waals surface area contributed by atoms with E-state index in [4.69, 9.17) is 4.74 Å². The number of ether oxygens (including phenoxy) is 1. The number of carbonyl (C=O) groups is 3. The molecule has 0 aliphatic heterocycles. The van der Waals surface area contributed by atoms with Crippen LogP contribution >= 0.6 is 0 Å². The molecule has 3 aromatic rings. The lowest BCUT2D eigenvalue weighted by molar-refractivity contribution is -0.136. The monoisotopic (exact) mass is 472 g/mol. The lowest BCUT2D eigenvalue weighted by Crippen LogP contribution is -2.38. The van der Waals surface area contributed by atoms with E-state index in [1.165, 1.54) is 12.6 Å². The summed E-state index contributed by atoms with van der Waals surface area (Å²) in [6.07, 6.45) is 7.03. The largest absolute Gasteiger partial charge is 0.484 e. The van der Waals surface area contributed by atoms with Gasteiger partial charge in [-0.3, -0.25) is 14.4 Å². The Hall–Kier alpha value is -4.20. The number of carbonyl (C=O) groups excluding carboxylic acids is 3. The SMILES string of the molecule is O=C(COc1ccc(/C=N\NC(=O)C(=O)Nc2cccc3ccccc23)cc1)NC1CCCCC1. The van der Waals surface area contributed by atoms with Crippen LogP contribution in [-0.2, 0) is 14.4 Å². The summed E-state index contributed by atoms with van der Waals surface area (Å²) in [6, 6.07) is 20.2. The van der Waals surface area contributed by atoms with Gasteiger partial charge in [-0.05, 0) is 54.1 Å². The Balaban J connectivity index is 1.22. The van der Waals surface area contributed by atoms with Crippen molar-refractivity contribution in [3.8, 4) is 5.75 Å². The van der Waals surface area contributed by atoms with Crippen molar-refractivity contribution in [3.05, 3.63) is 72.3 Å². The van der Waals surface area contributed by atoms with Gasteiger partial charge in [0.25, 0.3) is 5.91 Å². The summed E-state index contributed by atoms with van der Waals surface area (Å²) in [4.78, 5) is 36.4. The van der Waals surface area contributed by atoms with Crippen molar-refractivity contribution >= 4 is 40.4 Å². The average molecular weight is 473 g/mol. The number of hydrogen-bond donors (Lipinski definition) is 3. The molecule has 180 valence electrons. The van der Waals surface area contributed by atoms with Crippen molar-refractivity contribution in [1.29, 1.82) is 0 Å². The summed E-state index contributed by atoms with van der Waals surface area (Å²) >= 11 is 0. The number of fused-ring (bicyclic) bond motifs is 1. The lowest BCUT2D eigenvalue weighted by atomic mass is 9.95. The predicted octanol–water partition coefficient (Wildman–Crippen LogP) is 3.76. The molecule has 1 aliphatic rings. The van der Waals surface area contributed by atoms with Crippen LogP contribution < -0.4 is 20.8 Å². The number of benzene rings is 3. The molecule has 35 heavy (non-hydrogen) atoms. The van der Waals surface area contributed by atoms with Crippen LogP contribution in [0.3, 0.4) is 0 Å². The van der Waals surface area contributed by atoms with Crippen LogP contribution in [0.15, 0.2) is 71.8 Å². The normalized spacial score (nSPS) is 13.9. The van der Waals surface area contributed by atoms with Crippen LogP contribution in [0, 0.1) is 0 Å². The number of rotatable bonds is 7. The Labute approximate surface area is 203 Å². The number of nitrogens with one attached hydrogen (secondary N) is 3. The molecule has 3 aromatic carbocycles. The Bertz CT molecular complexity index is 1210. The van der Waals surface area contributed by atoms with E-state index >= 15 is 0 Å². The average Bonchev–Trinajstić information content (AvgIpc) is 2.89. The van der Waals surface area contributed by atoms with E-state index < -0.39 is 11.8 Å². The number of anilines is 1. The van der Waals surface area contributed by atoms with Crippen LogP contribution in [-0.4, -0.2) is 36.6 Å². The van der Waals surface area contributed by atoms with Gasteiger partial charge >= 0.3 is 11.8 Å². The Morgan fingerprint density at radius 1 is 0.886 bits per heavy atom. The maximum Gasteiger partial charge on any atom is 0.329 e. The molecule has 0 atom stereocenters. The molecule has 3 amide bonds. The van der Waals surface area contributed by atoms with Crippen LogP contribution in [0.1, 0.15) is 37.7 Å². The molecular formula is C27H28N4O4. The summed E-state index contributed by atoms with van der Waals surface area (Å²) in [5.41, 5.74) is 3.47. The summed E-state index contributed by atoms with van der Waals surface area (Å²) in [7, 11) is 0. The lowest BCUT2D eigenvalue weighted by Gasteiger charge is -2.22. The van der Waals surface area contributed by atoms with Gasteiger partial charge in [0, 0.05) is 17.1 Å². The van der Waals surface area contributed by atoms with Crippen molar-refractivity contribution in [2.75, 3.05) is 11.9 Å². The van der Waals surface area contributed by atoms with Gasteiger partial charge in [0.15, 0.2) is 6.61 Å². The first-order valence-electron chi connectivity index (χ1n) is 11.7. The summed E-state index contributed by atoms with van der Waals surface area (Å²) in [6.45, 7) is -0.0359. The second-order valence-electron chi connectivity index (χ2n) is 8.44. The summed E-state index contributed by atoms with van der Waals surface area (Å²) < 4.78 is 5.55. The molecule has 0 saturated heterocycles. The third-order valence-corrected chi connectivity index (χ3v) is 5.84. The Morgan fingerprint density at radius 2 is 1.63 bits per heavy atom. The van der Waals surface area contributed by atoms with Gasteiger partial charge < -0.3 is 15.4 Å². The highest BCUT2D eigenvalue weighted by molar-refractivity contribution is 6.40. The molecule has 0 unspecified atom stereocenters. The Morgan fingerprint density at radius 3 is 2.43 bits per heavy atom. The maximum absolute atomic E-state index is 12.2. The smallest absolute Gasteiger partial charge is 0.329 e. The fourth-order valence-corrected chi connectivity index (χ4v) is 4.04. The van der Waals surface area contributed by atoms with Crippen molar-refractivity contribution in [1.82, 2.24) is 10.7 Å². The van der Waals surface area contributed by atoms with E-state index in [2.05, 4.69) is 21.2 Å². The second kappa shape index (κ2) is 11.8. The minimum atomic E-state index is -0.877. The second-order valence-corrected chi connectivity index (χ2v) is 8.44. The van der Waals surface area contributed by atoms with Gasteiger partial charge in [-0.15, -0.1) is 0 Å². The van der Waals surface area contributed by atoms with Gasteiger partial charge in [0.2, 0.25) is 0 Å². The van der Waals surface area contributed by atoms with E-state index in [9.17, 15) is 14.4 Å². The molecule has 0 aromatic heterocycles. The van der Waals surface area contributed by atoms with Crippen molar-refractivity contribution in [3.63, 3.8) is 0 Å². The molecule has 0 spiro atoms. The number of hydrazone groups is 1. The highest BCUT2D eigenvalue weighted by Gasteiger charge is 2.16. The van der Waals surface area contributed by atoms with E-state index in [-0.39, 0.29) is 18.6 Å². The molecule has 4 rings (SSSR count). The zero-order chi connectivity index (χ0) is 24.5. The third kappa shape index (κ3) is 6.89. The van der Waals surface area contributed by atoms with Crippen molar-refractivity contribution in [2.24, 2.45) is 5.10 Å². The molecule has 1 saturated carbocycles. The molecule has 1 aliphatic carbocycles. The van der Waals surface area contributed by atoms with Crippen molar-refractivity contribution in [2.45, 2.75) is 38.1 Å². The highest BCUT2D eigenvalue weighted by Crippen LogP contribution is 2.22. The van der Waals surface area contributed by atoms with E-state index in [0.29, 0.717) is 17.0 Å². The van der Waals surface area contributed by atoms with Crippen molar-refractivity contribution < 1.29 is 19.1 Å². The molecule has 3 N–H and O–H groups in total. The van der Waals surface area contributed by atoms with Gasteiger partial charge in [0.1, 0.15) is 5.75 Å². The molecule has 0 radical (unpaired) electrons. The zero-order valence-electron chi connectivity index (χ0n) is 19.3. The van der Waals surface area contributed by atoms with Gasteiger partial charge in [-0.25, -0.2) is 5.43 Å². The standard InChI is InChI=1S/C27H28N4O4/c32-25(29-21-9-2-1-3-10-21)18-35-22-15-13-19(14-16-22)17-28-31-27(34)26(33)30-24-12-6-8-20-7-4-5-11-23(20)24/h4-8,11-17,21H,1-3,9-10,18H2,(H,29,32)(H,30,33)(H,31,34)/b28-17-. The minimum absolute atomic E-state index is 0.0359. The molecule has 1 fully saturated rings. The summed E-state index contributed by atoms with van der Waals surface area (Å²) in [5, 5.41) is 11.3. The first kappa shape index (κ1) is 23.9. The summed E-state index contributed by atoms with van der Waals surface area (Å²) in [5.74, 6) is -1.25. The van der Waals surface area contributed by atoms with E-state index in [1.54, 1.807) is 30.3 Å².